The van der Waals surface area contributed by atoms with E-state index >= 15 is 0 Å². The Morgan fingerprint density at radius 1 is 1.25 bits per heavy atom. The number of hydrogen-bond acceptors (Lipinski definition) is 0. The van der Waals surface area contributed by atoms with Crippen molar-refractivity contribution in [2.75, 3.05) is 0 Å². The van der Waals surface area contributed by atoms with Crippen LogP contribution in [0.4, 0.5) is 0 Å². The van der Waals surface area contributed by atoms with Gasteiger partial charge >= 0.3 is 0 Å². The number of benzene rings is 1. The molecule has 0 atom stereocenters. The highest BCUT2D eigenvalue weighted by atomic mass is 79.9. The molecule has 0 amide bonds. The molecule has 62 valence electrons. The Labute approximate surface area is 81.4 Å². The molecular formula is C11H11Br. The first-order chi connectivity index (χ1) is 5.77. The quantitative estimate of drug-likeness (QED) is 0.627. The van der Waals surface area contributed by atoms with Gasteiger partial charge in [-0.15, -0.1) is 0 Å². The van der Waals surface area contributed by atoms with Crippen LogP contribution < -0.4 is 0 Å². The third-order valence-electron chi connectivity index (χ3n) is 2.32. The van der Waals surface area contributed by atoms with Gasteiger partial charge in [-0.1, -0.05) is 39.7 Å². The van der Waals surface area contributed by atoms with Gasteiger partial charge in [0.25, 0.3) is 0 Å². The summed E-state index contributed by atoms with van der Waals surface area (Å²) in [6, 6.07) is 6.42. The van der Waals surface area contributed by atoms with E-state index in [0.717, 1.165) is 0 Å². The molecule has 0 fully saturated rings. The second-order valence-electron chi connectivity index (χ2n) is 3.30. The van der Waals surface area contributed by atoms with E-state index in [1.165, 1.54) is 34.0 Å². The summed E-state index contributed by atoms with van der Waals surface area (Å²) < 4.78 is 1.22. The highest BCUT2D eigenvalue weighted by molar-refractivity contribution is 9.10. The zero-order valence-electron chi connectivity index (χ0n) is 7.10. The molecule has 2 rings (SSSR count). The van der Waals surface area contributed by atoms with Crippen molar-refractivity contribution in [2.24, 2.45) is 0 Å². The van der Waals surface area contributed by atoms with Gasteiger partial charge in [-0.3, -0.25) is 0 Å². The lowest BCUT2D eigenvalue weighted by Gasteiger charge is -2.14. The topological polar surface area (TPSA) is 0 Å². The predicted octanol–water partition coefficient (Wildman–Crippen LogP) is 3.80. The smallest absolute Gasteiger partial charge is 0.0250 e. The van der Waals surface area contributed by atoms with Crippen LogP contribution in [0.2, 0.25) is 0 Å². The standard InChI is InChI=1S/C11H11Br/c1-8-5-6-9-3-2-4-11(12)10(9)7-8/h2-4,7H,5-6H2,1H3. The molecular weight excluding hydrogens is 212 g/mol. The molecule has 0 bridgehead atoms. The second-order valence-corrected chi connectivity index (χ2v) is 4.16. The molecule has 0 saturated heterocycles. The number of allylic oxidation sites excluding steroid dienone is 1. The Morgan fingerprint density at radius 3 is 2.92 bits per heavy atom. The van der Waals surface area contributed by atoms with Gasteiger partial charge in [0.15, 0.2) is 0 Å². The van der Waals surface area contributed by atoms with Crippen LogP contribution in [-0.4, -0.2) is 0 Å². The lowest BCUT2D eigenvalue weighted by molar-refractivity contribution is 0.926. The first-order valence-electron chi connectivity index (χ1n) is 4.22. The average Bonchev–Trinajstić information content (AvgIpc) is 2.07. The molecule has 0 nitrogen and oxygen atoms in total. The number of rotatable bonds is 0. The number of halogens is 1. The number of fused-ring (bicyclic) bond motifs is 1. The van der Waals surface area contributed by atoms with Crippen LogP contribution in [0.5, 0.6) is 0 Å². The molecule has 0 unspecified atom stereocenters. The van der Waals surface area contributed by atoms with Crippen molar-refractivity contribution in [2.45, 2.75) is 19.8 Å². The maximum Gasteiger partial charge on any atom is 0.0250 e. The summed E-state index contributed by atoms with van der Waals surface area (Å²) in [6.45, 7) is 2.20. The zero-order chi connectivity index (χ0) is 8.55. The summed E-state index contributed by atoms with van der Waals surface area (Å²) in [7, 11) is 0. The summed E-state index contributed by atoms with van der Waals surface area (Å²) in [5.41, 5.74) is 4.32. The summed E-state index contributed by atoms with van der Waals surface area (Å²) in [5.74, 6) is 0. The molecule has 0 aromatic heterocycles. The molecule has 0 saturated carbocycles. The normalized spacial score (nSPS) is 15.3. The van der Waals surface area contributed by atoms with Gasteiger partial charge in [0.05, 0.1) is 0 Å². The largest absolute Gasteiger partial charge is 0.0724 e. The van der Waals surface area contributed by atoms with Gasteiger partial charge in [0.2, 0.25) is 0 Å². The predicted molar refractivity (Wildman–Crippen MR) is 56.1 cm³/mol. The van der Waals surface area contributed by atoms with E-state index in [9.17, 15) is 0 Å². The summed E-state index contributed by atoms with van der Waals surface area (Å²) >= 11 is 3.56. The van der Waals surface area contributed by atoms with Gasteiger partial charge < -0.3 is 0 Å². The van der Waals surface area contributed by atoms with E-state index in [1.807, 2.05) is 0 Å². The molecule has 1 aliphatic carbocycles. The van der Waals surface area contributed by atoms with Crippen LogP contribution >= 0.6 is 15.9 Å². The molecule has 1 aliphatic rings. The Hall–Kier alpha value is -0.560. The van der Waals surface area contributed by atoms with Crippen LogP contribution in [0.1, 0.15) is 24.5 Å². The van der Waals surface area contributed by atoms with Crippen LogP contribution in [-0.2, 0) is 6.42 Å². The maximum absolute atomic E-state index is 3.56. The van der Waals surface area contributed by atoms with Crippen molar-refractivity contribution >= 4 is 22.0 Å². The lowest BCUT2D eigenvalue weighted by Crippen LogP contribution is -1.97. The molecule has 0 N–H and O–H groups in total. The molecule has 0 spiro atoms. The number of hydrogen-bond donors (Lipinski definition) is 0. The lowest BCUT2D eigenvalue weighted by atomic mass is 9.93. The van der Waals surface area contributed by atoms with E-state index in [2.05, 4.69) is 47.1 Å². The molecule has 1 aromatic carbocycles. The third kappa shape index (κ3) is 1.34. The summed E-state index contributed by atoms with van der Waals surface area (Å²) in [4.78, 5) is 0. The van der Waals surface area contributed by atoms with Gasteiger partial charge in [-0.2, -0.15) is 0 Å². The fourth-order valence-corrected chi connectivity index (χ4v) is 2.13. The minimum atomic E-state index is 1.19. The van der Waals surface area contributed by atoms with Crippen molar-refractivity contribution in [3.63, 3.8) is 0 Å². The SMILES string of the molecule is CC1=Cc2c(Br)cccc2CC1. The van der Waals surface area contributed by atoms with Gasteiger partial charge in [0.1, 0.15) is 0 Å². The maximum atomic E-state index is 3.56. The Balaban J connectivity index is 2.59. The number of aryl methyl sites for hydroxylation is 1. The summed E-state index contributed by atoms with van der Waals surface area (Å²) in [5, 5.41) is 0. The minimum absolute atomic E-state index is 1.19. The van der Waals surface area contributed by atoms with Gasteiger partial charge in [0, 0.05) is 4.47 Å². The first-order valence-corrected chi connectivity index (χ1v) is 5.01. The van der Waals surface area contributed by atoms with Gasteiger partial charge in [-0.25, -0.2) is 0 Å². The highest BCUT2D eigenvalue weighted by Gasteiger charge is 2.09. The van der Waals surface area contributed by atoms with E-state index < -0.39 is 0 Å². The third-order valence-corrected chi connectivity index (χ3v) is 3.01. The van der Waals surface area contributed by atoms with Crippen molar-refractivity contribution in [3.05, 3.63) is 39.4 Å². The van der Waals surface area contributed by atoms with Crippen molar-refractivity contribution in [1.82, 2.24) is 0 Å². The molecule has 0 radical (unpaired) electrons. The average molecular weight is 223 g/mol. The molecule has 1 heteroatoms. The van der Waals surface area contributed by atoms with Crippen molar-refractivity contribution in [3.8, 4) is 0 Å². The van der Waals surface area contributed by atoms with Gasteiger partial charge in [-0.05, 0) is 37.0 Å². The van der Waals surface area contributed by atoms with E-state index in [-0.39, 0.29) is 0 Å². The second kappa shape index (κ2) is 3.06. The molecule has 0 aliphatic heterocycles. The highest BCUT2D eigenvalue weighted by Crippen LogP contribution is 2.29. The molecule has 12 heavy (non-hydrogen) atoms. The minimum Gasteiger partial charge on any atom is -0.0724 e. The van der Waals surface area contributed by atoms with Crippen molar-refractivity contribution in [1.29, 1.82) is 0 Å². The Morgan fingerprint density at radius 2 is 2.08 bits per heavy atom. The fourth-order valence-electron chi connectivity index (χ4n) is 1.61. The first kappa shape index (κ1) is 8.06. The van der Waals surface area contributed by atoms with Crippen LogP contribution in [0, 0.1) is 0 Å². The zero-order valence-corrected chi connectivity index (χ0v) is 8.69. The van der Waals surface area contributed by atoms with E-state index in [0.29, 0.717) is 0 Å². The van der Waals surface area contributed by atoms with E-state index in [1.54, 1.807) is 0 Å². The summed E-state index contributed by atoms with van der Waals surface area (Å²) in [6.07, 6.45) is 4.68. The van der Waals surface area contributed by atoms with E-state index in [4.69, 9.17) is 0 Å². The van der Waals surface area contributed by atoms with Crippen LogP contribution in [0.3, 0.4) is 0 Å². The fraction of sp³-hybridized carbons (Fsp3) is 0.273. The van der Waals surface area contributed by atoms with Crippen LogP contribution in [0.15, 0.2) is 28.2 Å². The van der Waals surface area contributed by atoms with Crippen molar-refractivity contribution < 1.29 is 0 Å². The molecule has 0 heterocycles. The monoisotopic (exact) mass is 222 g/mol. The molecule has 1 aromatic rings. The Bertz CT molecular complexity index is 337. The Kier molecular flexibility index (Phi) is 2.05. The van der Waals surface area contributed by atoms with Crippen LogP contribution in [0.25, 0.3) is 6.08 Å².